The Morgan fingerprint density at radius 2 is 1.94 bits per heavy atom. The van der Waals surface area contributed by atoms with E-state index in [9.17, 15) is 4.79 Å². The van der Waals surface area contributed by atoms with Crippen LogP contribution in [0.5, 0.6) is 0 Å². The van der Waals surface area contributed by atoms with Gasteiger partial charge in [0.2, 0.25) is 5.91 Å². The van der Waals surface area contributed by atoms with Gasteiger partial charge >= 0.3 is 0 Å². The fourth-order valence-electron chi connectivity index (χ4n) is 2.67. The second-order valence-corrected chi connectivity index (χ2v) is 5.30. The summed E-state index contributed by atoms with van der Waals surface area (Å²) in [5.41, 5.74) is 5.51. The standard InChI is InChI=1S/C13H27N3O/c1-5-13(6-2,10-14)12(17)16-8-7-15(4)9-11(16)3/h11H,5-10,14H2,1-4H3. The maximum absolute atomic E-state index is 12.7. The van der Waals surface area contributed by atoms with Crippen LogP contribution < -0.4 is 5.73 Å². The Morgan fingerprint density at radius 3 is 2.35 bits per heavy atom. The Balaban J connectivity index is 2.81. The fourth-order valence-corrected chi connectivity index (χ4v) is 2.67. The number of likely N-dealkylation sites (N-methyl/N-ethyl adjacent to an activating group) is 1. The topological polar surface area (TPSA) is 49.6 Å². The molecule has 17 heavy (non-hydrogen) atoms. The van der Waals surface area contributed by atoms with Crippen LogP contribution >= 0.6 is 0 Å². The van der Waals surface area contributed by atoms with E-state index in [4.69, 9.17) is 5.73 Å². The zero-order chi connectivity index (χ0) is 13.1. The van der Waals surface area contributed by atoms with Crippen LogP contribution in [-0.4, -0.2) is 55.0 Å². The van der Waals surface area contributed by atoms with Gasteiger partial charge < -0.3 is 15.5 Å². The number of hydrogen-bond donors (Lipinski definition) is 1. The van der Waals surface area contributed by atoms with Crippen molar-refractivity contribution in [3.8, 4) is 0 Å². The Kier molecular flexibility index (Phi) is 4.95. The Hall–Kier alpha value is -0.610. The molecule has 2 N–H and O–H groups in total. The molecule has 1 aliphatic rings. The molecule has 1 aliphatic heterocycles. The molecule has 0 saturated carbocycles. The summed E-state index contributed by atoms with van der Waals surface area (Å²) in [5.74, 6) is 0.255. The van der Waals surface area contributed by atoms with E-state index in [2.05, 4.69) is 32.7 Å². The summed E-state index contributed by atoms with van der Waals surface area (Å²) < 4.78 is 0. The summed E-state index contributed by atoms with van der Waals surface area (Å²) >= 11 is 0. The van der Waals surface area contributed by atoms with Crippen LogP contribution in [0.1, 0.15) is 33.6 Å². The maximum Gasteiger partial charge on any atom is 0.230 e. The van der Waals surface area contributed by atoms with E-state index in [1.54, 1.807) is 0 Å². The minimum atomic E-state index is -0.343. The molecule has 0 aromatic carbocycles. The third-order valence-corrected chi connectivity index (χ3v) is 4.29. The molecule has 0 radical (unpaired) electrons. The molecule has 0 bridgehead atoms. The Bertz CT molecular complexity index is 255. The Morgan fingerprint density at radius 1 is 1.35 bits per heavy atom. The van der Waals surface area contributed by atoms with Crippen molar-refractivity contribution in [3.63, 3.8) is 0 Å². The van der Waals surface area contributed by atoms with Crippen molar-refractivity contribution in [1.29, 1.82) is 0 Å². The summed E-state index contributed by atoms with van der Waals surface area (Å²) in [5, 5.41) is 0. The minimum absolute atomic E-state index is 0.255. The van der Waals surface area contributed by atoms with Crippen molar-refractivity contribution in [2.45, 2.75) is 39.7 Å². The predicted octanol–water partition coefficient (Wildman–Crippen LogP) is 0.914. The van der Waals surface area contributed by atoms with E-state index in [-0.39, 0.29) is 11.3 Å². The first-order valence-electron chi connectivity index (χ1n) is 6.70. The molecule has 1 heterocycles. The van der Waals surface area contributed by atoms with Crippen molar-refractivity contribution in [1.82, 2.24) is 9.80 Å². The molecule has 0 spiro atoms. The molecule has 1 saturated heterocycles. The van der Waals surface area contributed by atoms with Crippen LogP contribution in [0.4, 0.5) is 0 Å². The quantitative estimate of drug-likeness (QED) is 0.796. The van der Waals surface area contributed by atoms with Gasteiger partial charge in [-0.05, 0) is 26.8 Å². The maximum atomic E-state index is 12.7. The minimum Gasteiger partial charge on any atom is -0.337 e. The molecular weight excluding hydrogens is 214 g/mol. The van der Waals surface area contributed by atoms with Crippen molar-refractivity contribution in [2.24, 2.45) is 11.1 Å². The van der Waals surface area contributed by atoms with Gasteiger partial charge in [-0.15, -0.1) is 0 Å². The third kappa shape index (κ3) is 2.80. The van der Waals surface area contributed by atoms with Crippen molar-refractivity contribution in [2.75, 3.05) is 33.2 Å². The van der Waals surface area contributed by atoms with Gasteiger partial charge in [0.05, 0.1) is 5.41 Å². The SMILES string of the molecule is CCC(CC)(CN)C(=O)N1CCN(C)CC1C. The Labute approximate surface area is 105 Å². The predicted molar refractivity (Wildman–Crippen MR) is 70.7 cm³/mol. The molecule has 4 heteroatoms. The summed E-state index contributed by atoms with van der Waals surface area (Å²) in [4.78, 5) is 17.0. The number of amides is 1. The zero-order valence-corrected chi connectivity index (χ0v) is 11.7. The average molecular weight is 241 g/mol. The van der Waals surface area contributed by atoms with E-state index in [0.717, 1.165) is 32.5 Å². The molecule has 1 fully saturated rings. The lowest BCUT2D eigenvalue weighted by molar-refractivity contribution is -0.146. The van der Waals surface area contributed by atoms with Crippen LogP contribution in [0.25, 0.3) is 0 Å². The molecule has 0 aromatic heterocycles. The van der Waals surface area contributed by atoms with Gasteiger partial charge in [-0.2, -0.15) is 0 Å². The van der Waals surface area contributed by atoms with Gasteiger partial charge in [0, 0.05) is 32.2 Å². The monoisotopic (exact) mass is 241 g/mol. The first-order valence-corrected chi connectivity index (χ1v) is 6.70. The lowest BCUT2D eigenvalue weighted by atomic mass is 9.80. The number of carbonyl (C=O) groups is 1. The highest BCUT2D eigenvalue weighted by atomic mass is 16.2. The van der Waals surface area contributed by atoms with Gasteiger partial charge in [0.1, 0.15) is 0 Å². The van der Waals surface area contributed by atoms with E-state index in [0.29, 0.717) is 12.6 Å². The smallest absolute Gasteiger partial charge is 0.230 e. The molecule has 100 valence electrons. The molecule has 0 aliphatic carbocycles. The molecule has 4 nitrogen and oxygen atoms in total. The summed E-state index contributed by atoms with van der Waals surface area (Å²) in [6.45, 7) is 9.46. The average Bonchev–Trinajstić information content (AvgIpc) is 2.32. The number of nitrogens with two attached hydrogens (primary N) is 1. The molecule has 1 unspecified atom stereocenters. The fraction of sp³-hybridized carbons (Fsp3) is 0.923. The van der Waals surface area contributed by atoms with Gasteiger partial charge in [-0.3, -0.25) is 4.79 Å². The number of hydrogen-bond acceptors (Lipinski definition) is 3. The van der Waals surface area contributed by atoms with Crippen LogP contribution in [0, 0.1) is 5.41 Å². The number of nitrogens with zero attached hydrogens (tertiary/aromatic N) is 2. The van der Waals surface area contributed by atoms with E-state index < -0.39 is 0 Å². The van der Waals surface area contributed by atoms with Crippen LogP contribution in [-0.2, 0) is 4.79 Å². The summed E-state index contributed by atoms with van der Waals surface area (Å²) in [6, 6.07) is 0.297. The van der Waals surface area contributed by atoms with Crippen LogP contribution in [0.2, 0.25) is 0 Å². The number of piperazine rings is 1. The van der Waals surface area contributed by atoms with Crippen molar-refractivity contribution < 1.29 is 4.79 Å². The second-order valence-electron chi connectivity index (χ2n) is 5.30. The van der Waals surface area contributed by atoms with Crippen LogP contribution in [0.15, 0.2) is 0 Å². The normalized spacial score (nSPS) is 22.9. The molecule has 1 atom stereocenters. The van der Waals surface area contributed by atoms with Crippen molar-refractivity contribution in [3.05, 3.63) is 0 Å². The lowest BCUT2D eigenvalue weighted by Crippen LogP contribution is -2.57. The molecular formula is C13H27N3O. The third-order valence-electron chi connectivity index (χ3n) is 4.29. The number of carbonyl (C=O) groups excluding carboxylic acids is 1. The second kappa shape index (κ2) is 5.83. The van der Waals surface area contributed by atoms with Crippen LogP contribution in [0.3, 0.4) is 0 Å². The molecule has 0 aromatic rings. The van der Waals surface area contributed by atoms with Gasteiger partial charge in [-0.1, -0.05) is 13.8 Å². The van der Waals surface area contributed by atoms with Gasteiger partial charge in [0.25, 0.3) is 0 Å². The number of rotatable bonds is 4. The first-order chi connectivity index (χ1) is 8.00. The highest BCUT2D eigenvalue weighted by Crippen LogP contribution is 2.29. The highest BCUT2D eigenvalue weighted by molar-refractivity contribution is 5.83. The molecule has 1 amide bonds. The molecule has 1 rings (SSSR count). The van der Waals surface area contributed by atoms with Crippen molar-refractivity contribution >= 4 is 5.91 Å². The van der Waals surface area contributed by atoms with E-state index >= 15 is 0 Å². The van der Waals surface area contributed by atoms with Gasteiger partial charge in [0.15, 0.2) is 0 Å². The largest absolute Gasteiger partial charge is 0.337 e. The van der Waals surface area contributed by atoms with E-state index in [1.807, 2.05) is 4.90 Å². The van der Waals surface area contributed by atoms with E-state index in [1.165, 1.54) is 0 Å². The summed E-state index contributed by atoms with van der Waals surface area (Å²) in [6.07, 6.45) is 1.66. The lowest BCUT2D eigenvalue weighted by Gasteiger charge is -2.43. The zero-order valence-electron chi connectivity index (χ0n) is 11.7. The van der Waals surface area contributed by atoms with Gasteiger partial charge in [-0.25, -0.2) is 0 Å². The highest BCUT2D eigenvalue weighted by Gasteiger charge is 2.39. The first kappa shape index (κ1) is 14.5. The summed E-state index contributed by atoms with van der Waals surface area (Å²) in [7, 11) is 2.11.